The fraction of sp³-hybridized carbons (Fsp3) is 0.444. The number of aliphatic hydroxyl groups excluding tert-OH is 2. The van der Waals surface area contributed by atoms with Gasteiger partial charge in [-0.2, -0.15) is 0 Å². The molecular formula is C9H10O3. The maximum atomic E-state index is 10.6. The fourth-order valence-electron chi connectivity index (χ4n) is 0.354. The summed E-state index contributed by atoms with van der Waals surface area (Å²) in [5.41, 5.74) is 0. The predicted molar refractivity (Wildman–Crippen MR) is 43.9 cm³/mol. The Kier molecular flexibility index (Phi) is 5.73. The first-order valence-corrected chi connectivity index (χ1v) is 3.54. The van der Waals surface area contributed by atoms with Gasteiger partial charge in [0.2, 0.25) is 5.78 Å². The van der Waals surface area contributed by atoms with E-state index in [1.807, 2.05) is 0 Å². The number of carbonyl (C=O) groups is 1. The molecule has 12 heavy (non-hydrogen) atoms. The minimum absolute atomic E-state index is 0.192. The molecule has 0 aromatic rings. The number of aliphatic hydroxyl groups is 2. The van der Waals surface area contributed by atoms with E-state index in [1.165, 1.54) is 0 Å². The van der Waals surface area contributed by atoms with Gasteiger partial charge in [-0.25, -0.2) is 0 Å². The van der Waals surface area contributed by atoms with E-state index in [0.717, 1.165) is 0 Å². The zero-order valence-corrected chi connectivity index (χ0v) is 6.79. The Hall–Kier alpha value is -1.29. The summed E-state index contributed by atoms with van der Waals surface area (Å²) in [4.78, 5) is 10.6. The lowest BCUT2D eigenvalue weighted by molar-refractivity contribution is -0.113. The Labute approximate surface area is 71.4 Å². The molecule has 0 aliphatic rings. The van der Waals surface area contributed by atoms with Gasteiger partial charge in [-0.05, 0) is 17.8 Å². The summed E-state index contributed by atoms with van der Waals surface area (Å²) >= 11 is 0. The quantitative estimate of drug-likeness (QED) is 0.422. The molecule has 0 radical (unpaired) electrons. The SMILES string of the molecule is CCC(=O)C#CC#C[C@@H](O)CO. The Bertz CT molecular complexity index is 259. The molecule has 0 amide bonds. The number of carbonyl (C=O) groups excluding carboxylic acids is 1. The van der Waals surface area contributed by atoms with Gasteiger partial charge in [0.25, 0.3) is 0 Å². The molecule has 2 N–H and O–H groups in total. The van der Waals surface area contributed by atoms with Crippen LogP contribution in [-0.4, -0.2) is 28.7 Å². The zero-order valence-electron chi connectivity index (χ0n) is 6.79. The van der Waals surface area contributed by atoms with Crippen molar-refractivity contribution in [2.24, 2.45) is 0 Å². The van der Waals surface area contributed by atoms with Crippen LogP contribution in [0.5, 0.6) is 0 Å². The number of Topliss-reactive ketones (excluding diaryl/α,β-unsaturated/α-hetero) is 1. The third-order valence-electron chi connectivity index (χ3n) is 0.997. The molecule has 0 aromatic heterocycles. The Morgan fingerprint density at radius 3 is 2.67 bits per heavy atom. The lowest BCUT2D eigenvalue weighted by Crippen LogP contribution is -2.07. The van der Waals surface area contributed by atoms with Crippen molar-refractivity contribution in [2.75, 3.05) is 6.61 Å². The molecule has 3 nitrogen and oxygen atoms in total. The zero-order chi connectivity index (χ0) is 9.40. The molecule has 0 spiro atoms. The molecule has 0 fully saturated rings. The highest BCUT2D eigenvalue weighted by molar-refractivity contribution is 5.95. The van der Waals surface area contributed by atoms with Crippen LogP contribution >= 0.6 is 0 Å². The van der Waals surface area contributed by atoms with Crippen LogP contribution in [0.2, 0.25) is 0 Å². The summed E-state index contributed by atoms with van der Waals surface area (Å²) in [6.45, 7) is 1.28. The Morgan fingerprint density at radius 2 is 2.17 bits per heavy atom. The van der Waals surface area contributed by atoms with Crippen molar-refractivity contribution in [3.05, 3.63) is 0 Å². The fourth-order valence-corrected chi connectivity index (χ4v) is 0.354. The van der Waals surface area contributed by atoms with Gasteiger partial charge in [0.1, 0.15) is 6.10 Å². The molecule has 0 bridgehead atoms. The maximum absolute atomic E-state index is 10.6. The van der Waals surface area contributed by atoms with Crippen LogP contribution in [0.1, 0.15) is 13.3 Å². The number of rotatable bonds is 2. The normalized spacial score (nSPS) is 10.2. The second kappa shape index (κ2) is 6.42. The summed E-state index contributed by atoms with van der Waals surface area (Å²) in [6, 6.07) is 0. The summed E-state index contributed by atoms with van der Waals surface area (Å²) in [7, 11) is 0. The van der Waals surface area contributed by atoms with Crippen LogP contribution < -0.4 is 0 Å². The Balaban J connectivity index is 3.97. The largest absolute Gasteiger partial charge is 0.393 e. The smallest absolute Gasteiger partial charge is 0.206 e. The van der Waals surface area contributed by atoms with E-state index in [1.54, 1.807) is 6.92 Å². The standard InChI is InChI=1S/C9H10O3/c1-2-8(11)5-3-4-6-9(12)7-10/h9-10,12H,2,7H2,1H3/t9-/m1/s1. The van der Waals surface area contributed by atoms with Gasteiger partial charge in [0.05, 0.1) is 6.61 Å². The van der Waals surface area contributed by atoms with Gasteiger partial charge < -0.3 is 10.2 Å². The van der Waals surface area contributed by atoms with Crippen LogP contribution in [0.25, 0.3) is 0 Å². The van der Waals surface area contributed by atoms with E-state index in [-0.39, 0.29) is 5.78 Å². The van der Waals surface area contributed by atoms with Crippen LogP contribution in [0.4, 0.5) is 0 Å². The lowest BCUT2D eigenvalue weighted by Gasteiger charge is -1.90. The molecule has 0 rings (SSSR count). The molecule has 64 valence electrons. The van der Waals surface area contributed by atoms with Crippen molar-refractivity contribution in [1.82, 2.24) is 0 Å². The highest BCUT2D eigenvalue weighted by atomic mass is 16.3. The van der Waals surface area contributed by atoms with Crippen LogP contribution in [0.15, 0.2) is 0 Å². The van der Waals surface area contributed by atoms with Gasteiger partial charge in [0.15, 0.2) is 0 Å². The number of hydrogen-bond acceptors (Lipinski definition) is 3. The molecule has 0 saturated heterocycles. The van der Waals surface area contributed by atoms with Gasteiger partial charge in [-0.1, -0.05) is 12.8 Å². The topological polar surface area (TPSA) is 57.5 Å². The number of hydrogen-bond donors (Lipinski definition) is 2. The lowest BCUT2D eigenvalue weighted by atomic mass is 10.3. The molecule has 0 aliphatic heterocycles. The molecule has 0 aromatic carbocycles. The Morgan fingerprint density at radius 1 is 1.50 bits per heavy atom. The third kappa shape index (κ3) is 5.49. The van der Waals surface area contributed by atoms with Gasteiger partial charge in [-0.3, -0.25) is 4.79 Å². The molecule has 1 atom stereocenters. The summed E-state index contributed by atoms with van der Waals surface area (Å²) in [6.07, 6.45) is -0.715. The van der Waals surface area contributed by atoms with E-state index >= 15 is 0 Å². The highest BCUT2D eigenvalue weighted by Crippen LogP contribution is 1.76. The molecular weight excluding hydrogens is 156 g/mol. The van der Waals surface area contributed by atoms with Crippen molar-refractivity contribution in [1.29, 1.82) is 0 Å². The monoisotopic (exact) mass is 166 g/mol. The van der Waals surface area contributed by atoms with Crippen molar-refractivity contribution in [2.45, 2.75) is 19.4 Å². The van der Waals surface area contributed by atoms with E-state index in [9.17, 15) is 4.79 Å². The second-order valence-corrected chi connectivity index (χ2v) is 1.99. The molecule has 0 aliphatic carbocycles. The van der Waals surface area contributed by atoms with E-state index in [0.29, 0.717) is 6.42 Å². The average Bonchev–Trinajstić information content (AvgIpc) is 2.11. The van der Waals surface area contributed by atoms with Crippen LogP contribution in [0, 0.1) is 23.7 Å². The second-order valence-electron chi connectivity index (χ2n) is 1.99. The summed E-state index contributed by atoms with van der Waals surface area (Å²) < 4.78 is 0. The molecule has 0 saturated carbocycles. The summed E-state index contributed by atoms with van der Waals surface area (Å²) in [5, 5.41) is 17.0. The van der Waals surface area contributed by atoms with Crippen molar-refractivity contribution in [3.8, 4) is 23.7 Å². The molecule has 0 unspecified atom stereocenters. The highest BCUT2D eigenvalue weighted by Gasteiger charge is 1.91. The predicted octanol–water partition coefficient (Wildman–Crippen LogP) is -0.675. The van der Waals surface area contributed by atoms with E-state index in [4.69, 9.17) is 10.2 Å². The third-order valence-corrected chi connectivity index (χ3v) is 0.997. The van der Waals surface area contributed by atoms with Crippen molar-refractivity contribution in [3.63, 3.8) is 0 Å². The van der Waals surface area contributed by atoms with Crippen LogP contribution in [-0.2, 0) is 4.79 Å². The molecule has 3 heteroatoms. The van der Waals surface area contributed by atoms with Gasteiger partial charge in [0, 0.05) is 6.42 Å². The maximum Gasteiger partial charge on any atom is 0.206 e. The van der Waals surface area contributed by atoms with Crippen molar-refractivity contribution < 1.29 is 15.0 Å². The van der Waals surface area contributed by atoms with Crippen molar-refractivity contribution >= 4 is 5.78 Å². The number of ketones is 1. The first-order chi connectivity index (χ1) is 5.70. The first-order valence-electron chi connectivity index (χ1n) is 3.54. The minimum Gasteiger partial charge on any atom is -0.393 e. The van der Waals surface area contributed by atoms with Gasteiger partial charge in [-0.15, -0.1) is 0 Å². The van der Waals surface area contributed by atoms with E-state index < -0.39 is 12.7 Å². The van der Waals surface area contributed by atoms with E-state index in [2.05, 4.69) is 23.7 Å². The molecule has 0 heterocycles. The summed E-state index contributed by atoms with van der Waals surface area (Å²) in [5.74, 6) is 8.83. The minimum atomic E-state index is -1.07. The first kappa shape index (κ1) is 10.7. The van der Waals surface area contributed by atoms with Gasteiger partial charge >= 0.3 is 0 Å². The average molecular weight is 166 g/mol. The van der Waals surface area contributed by atoms with Crippen LogP contribution in [0.3, 0.4) is 0 Å².